The molecule has 2 heterocycles. The average molecular weight is 401 g/mol. The van der Waals surface area contributed by atoms with Crippen molar-refractivity contribution in [3.63, 3.8) is 0 Å². The zero-order chi connectivity index (χ0) is 21.4. The largest absolute Gasteiger partial charge is 0.444 e. The molecule has 1 aromatic carbocycles. The van der Waals surface area contributed by atoms with E-state index in [2.05, 4.69) is 0 Å². The molecular formula is C23H32N2O4. The molecule has 0 N–H and O–H groups in total. The number of rotatable bonds is 1. The molecule has 0 aliphatic carbocycles. The standard InChI is InChI=1S/C23H32N2O4/c1-22(2,3)28-20(26)24-13-9-10-16(14-24)18-15-25(21(27)29-23(4,5)6)19-12-8-7-11-17(18)19/h7-8,11-12,15-16H,9-10,13-14H2,1-6H3. The van der Waals surface area contributed by atoms with E-state index in [1.165, 1.54) is 0 Å². The molecule has 1 aromatic heterocycles. The van der Waals surface area contributed by atoms with E-state index >= 15 is 0 Å². The van der Waals surface area contributed by atoms with Crippen LogP contribution in [0.25, 0.3) is 10.9 Å². The smallest absolute Gasteiger partial charge is 0.419 e. The Morgan fingerprint density at radius 2 is 1.59 bits per heavy atom. The lowest BCUT2D eigenvalue weighted by atomic mass is 9.90. The number of fused-ring (bicyclic) bond motifs is 1. The van der Waals surface area contributed by atoms with Gasteiger partial charge >= 0.3 is 12.2 Å². The number of benzene rings is 1. The van der Waals surface area contributed by atoms with Crippen LogP contribution < -0.4 is 0 Å². The first kappa shape index (κ1) is 21.2. The molecule has 158 valence electrons. The minimum Gasteiger partial charge on any atom is -0.444 e. The fourth-order valence-corrected chi connectivity index (χ4v) is 3.72. The van der Waals surface area contributed by atoms with E-state index in [-0.39, 0.29) is 18.1 Å². The summed E-state index contributed by atoms with van der Waals surface area (Å²) in [6.45, 7) is 12.5. The van der Waals surface area contributed by atoms with Crippen molar-refractivity contribution in [3.8, 4) is 0 Å². The number of amides is 1. The summed E-state index contributed by atoms with van der Waals surface area (Å²) >= 11 is 0. The molecule has 6 nitrogen and oxygen atoms in total. The van der Waals surface area contributed by atoms with Crippen LogP contribution in [0.1, 0.15) is 65.9 Å². The number of ether oxygens (including phenoxy) is 2. The Morgan fingerprint density at radius 1 is 0.966 bits per heavy atom. The van der Waals surface area contributed by atoms with Crippen molar-refractivity contribution in [2.75, 3.05) is 13.1 Å². The van der Waals surface area contributed by atoms with Crippen molar-refractivity contribution < 1.29 is 19.1 Å². The Hall–Kier alpha value is -2.50. The molecule has 0 radical (unpaired) electrons. The van der Waals surface area contributed by atoms with Crippen LogP contribution in [0.5, 0.6) is 0 Å². The minimum absolute atomic E-state index is 0.143. The highest BCUT2D eigenvalue weighted by atomic mass is 16.6. The number of hydrogen-bond donors (Lipinski definition) is 0. The highest BCUT2D eigenvalue weighted by Gasteiger charge is 2.30. The highest BCUT2D eigenvalue weighted by Crippen LogP contribution is 2.34. The molecule has 0 spiro atoms. The maximum absolute atomic E-state index is 12.8. The molecule has 1 aliphatic heterocycles. The van der Waals surface area contributed by atoms with Gasteiger partial charge in [-0.3, -0.25) is 4.57 Å². The lowest BCUT2D eigenvalue weighted by Gasteiger charge is -2.34. The van der Waals surface area contributed by atoms with E-state index < -0.39 is 11.2 Å². The van der Waals surface area contributed by atoms with Crippen LogP contribution in [0.3, 0.4) is 0 Å². The summed E-state index contributed by atoms with van der Waals surface area (Å²) < 4.78 is 12.7. The molecule has 1 fully saturated rings. The van der Waals surface area contributed by atoms with Gasteiger partial charge in [-0.2, -0.15) is 0 Å². The second-order valence-electron chi connectivity index (χ2n) is 9.72. The van der Waals surface area contributed by atoms with E-state index in [4.69, 9.17) is 9.47 Å². The third-order valence-electron chi connectivity index (χ3n) is 4.85. The van der Waals surface area contributed by atoms with Crippen molar-refractivity contribution in [1.82, 2.24) is 9.47 Å². The van der Waals surface area contributed by atoms with Crippen LogP contribution in [0.2, 0.25) is 0 Å². The molecule has 1 amide bonds. The zero-order valence-electron chi connectivity index (χ0n) is 18.3. The van der Waals surface area contributed by atoms with Crippen molar-refractivity contribution in [1.29, 1.82) is 0 Å². The molecule has 0 saturated carbocycles. The summed E-state index contributed by atoms with van der Waals surface area (Å²) in [6.07, 6.45) is 3.07. The first-order valence-corrected chi connectivity index (χ1v) is 10.3. The molecule has 1 aliphatic rings. The van der Waals surface area contributed by atoms with E-state index in [9.17, 15) is 9.59 Å². The van der Waals surface area contributed by atoms with Crippen molar-refractivity contribution in [2.24, 2.45) is 0 Å². The SMILES string of the molecule is CC(C)(C)OC(=O)N1CCCC(c2cn(C(=O)OC(C)(C)C)c3ccccc23)C1. The molecule has 0 bridgehead atoms. The fraction of sp³-hybridized carbons (Fsp3) is 0.565. The molecule has 29 heavy (non-hydrogen) atoms. The number of aromatic nitrogens is 1. The third kappa shape index (κ3) is 5.11. The Labute approximate surface area is 172 Å². The van der Waals surface area contributed by atoms with Gasteiger partial charge in [0.05, 0.1) is 5.52 Å². The van der Waals surface area contributed by atoms with Gasteiger partial charge in [0, 0.05) is 30.6 Å². The summed E-state index contributed by atoms with van der Waals surface area (Å²) in [5, 5.41) is 1.02. The lowest BCUT2D eigenvalue weighted by molar-refractivity contribution is 0.0198. The average Bonchev–Trinajstić information content (AvgIpc) is 2.99. The monoisotopic (exact) mass is 400 g/mol. The summed E-state index contributed by atoms with van der Waals surface area (Å²) in [5.74, 6) is 0.143. The topological polar surface area (TPSA) is 60.8 Å². The fourth-order valence-electron chi connectivity index (χ4n) is 3.72. The van der Waals surface area contributed by atoms with Gasteiger partial charge in [0.15, 0.2) is 0 Å². The predicted octanol–water partition coefficient (Wildman–Crippen LogP) is 5.54. The van der Waals surface area contributed by atoms with Gasteiger partial charge in [-0.1, -0.05) is 18.2 Å². The summed E-state index contributed by atoms with van der Waals surface area (Å²) in [7, 11) is 0. The molecule has 2 aromatic rings. The van der Waals surface area contributed by atoms with Gasteiger partial charge in [-0.15, -0.1) is 0 Å². The van der Waals surface area contributed by atoms with E-state index in [0.717, 1.165) is 29.3 Å². The summed E-state index contributed by atoms with van der Waals surface area (Å²) in [6, 6.07) is 7.84. The first-order chi connectivity index (χ1) is 13.4. The van der Waals surface area contributed by atoms with Crippen LogP contribution in [-0.2, 0) is 9.47 Å². The number of likely N-dealkylation sites (tertiary alicyclic amines) is 1. The molecule has 1 unspecified atom stereocenters. The van der Waals surface area contributed by atoms with Gasteiger partial charge in [0.2, 0.25) is 0 Å². The first-order valence-electron chi connectivity index (χ1n) is 10.3. The Kier molecular flexibility index (Phi) is 5.65. The van der Waals surface area contributed by atoms with Crippen molar-refractivity contribution in [3.05, 3.63) is 36.0 Å². The molecule has 1 saturated heterocycles. The van der Waals surface area contributed by atoms with Crippen LogP contribution in [0.15, 0.2) is 30.5 Å². The number of hydrogen-bond acceptors (Lipinski definition) is 4. The number of piperidine rings is 1. The molecule has 1 atom stereocenters. The van der Waals surface area contributed by atoms with Gasteiger partial charge in [-0.05, 0) is 66.0 Å². The Morgan fingerprint density at radius 3 is 2.24 bits per heavy atom. The third-order valence-corrected chi connectivity index (χ3v) is 4.85. The minimum atomic E-state index is -0.568. The van der Waals surface area contributed by atoms with Crippen LogP contribution >= 0.6 is 0 Å². The molecule has 6 heteroatoms. The van der Waals surface area contributed by atoms with E-state index in [1.54, 1.807) is 9.47 Å². The quantitative estimate of drug-likeness (QED) is 0.631. The molecule has 3 rings (SSSR count). The zero-order valence-corrected chi connectivity index (χ0v) is 18.3. The Bertz CT molecular complexity index is 902. The van der Waals surface area contributed by atoms with Gasteiger partial charge in [0.1, 0.15) is 11.2 Å². The predicted molar refractivity (Wildman–Crippen MR) is 113 cm³/mol. The molecular weight excluding hydrogens is 368 g/mol. The van der Waals surface area contributed by atoms with Crippen molar-refractivity contribution in [2.45, 2.75) is 71.5 Å². The summed E-state index contributed by atoms with van der Waals surface area (Å²) in [4.78, 5) is 27.1. The van der Waals surface area contributed by atoms with Crippen molar-refractivity contribution >= 4 is 23.1 Å². The van der Waals surface area contributed by atoms with E-state index in [1.807, 2.05) is 72.0 Å². The number of carbonyl (C=O) groups is 2. The second kappa shape index (κ2) is 7.73. The second-order valence-corrected chi connectivity index (χ2v) is 9.72. The van der Waals surface area contributed by atoms with Gasteiger partial charge < -0.3 is 14.4 Å². The number of nitrogens with zero attached hydrogens (tertiary/aromatic N) is 2. The number of para-hydroxylation sites is 1. The van der Waals surface area contributed by atoms with Crippen LogP contribution in [0, 0.1) is 0 Å². The van der Waals surface area contributed by atoms with Crippen LogP contribution in [0.4, 0.5) is 9.59 Å². The number of carbonyl (C=O) groups excluding carboxylic acids is 2. The van der Waals surface area contributed by atoms with E-state index in [0.29, 0.717) is 13.1 Å². The van der Waals surface area contributed by atoms with Gasteiger partial charge in [0.25, 0.3) is 0 Å². The maximum Gasteiger partial charge on any atom is 0.419 e. The maximum atomic E-state index is 12.8. The lowest BCUT2D eigenvalue weighted by Crippen LogP contribution is -2.42. The normalized spacial score (nSPS) is 18.0. The van der Waals surface area contributed by atoms with Crippen LogP contribution in [-0.4, -0.2) is 45.9 Å². The van der Waals surface area contributed by atoms with Gasteiger partial charge in [-0.25, -0.2) is 9.59 Å². The Balaban J connectivity index is 1.89. The summed E-state index contributed by atoms with van der Waals surface area (Å²) in [5.41, 5.74) is 0.809. The highest BCUT2D eigenvalue weighted by molar-refractivity contribution is 5.92.